The third-order valence-corrected chi connectivity index (χ3v) is 7.62. The lowest BCUT2D eigenvalue weighted by Crippen LogP contribution is -2.44. The number of likely N-dealkylation sites (tertiary alicyclic amines) is 2. The Bertz CT molecular complexity index is 1090. The molecular weight excluding hydrogens is 472 g/mol. The third-order valence-electron chi connectivity index (χ3n) is 7.40. The Kier molecular flexibility index (Phi) is 7.70. The smallest absolute Gasteiger partial charge is 0.242 e. The van der Waals surface area contributed by atoms with Gasteiger partial charge in [-0.25, -0.2) is 0 Å². The molecule has 2 aliphatic heterocycles. The largest absolute Gasteiger partial charge is 0.489 e. The van der Waals surface area contributed by atoms with Crippen LogP contribution in [0, 0.1) is 11.8 Å². The van der Waals surface area contributed by atoms with Crippen molar-refractivity contribution in [1.29, 1.82) is 0 Å². The fourth-order valence-electron chi connectivity index (χ4n) is 5.38. The molecule has 36 heavy (non-hydrogen) atoms. The molecule has 0 radical (unpaired) electrons. The van der Waals surface area contributed by atoms with Crippen molar-refractivity contribution in [3.63, 3.8) is 0 Å². The van der Waals surface area contributed by atoms with Crippen LogP contribution in [0.3, 0.4) is 0 Å². The van der Waals surface area contributed by atoms with Gasteiger partial charge in [-0.05, 0) is 61.5 Å². The molecule has 190 valence electrons. The highest BCUT2D eigenvalue weighted by Crippen LogP contribution is 2.45. The summed E-state index contributed by atoms with van der Waals surface area (Å²) in [6.07, 6.45) is 5.12. The third kappa shape index (κ3) is 5.98. The SMILES string of the molecule is O=C(CN1CCCC[C@H]2C(NC(=S)Nc3cccc(OCc4ccccc4)c3)C2C1=O)N1CCCC1. The Balaban J connectivity index is 1.14. The molecule has 5 rings (SSSR count). The number of anilines is 1. The highest BCUT2D eigenvalue weighted by Gasteiger charge is 2.56. The van der Waals surface area contributed by atoms with Crippen molar-refractivity contribution >= 4 is 34.8 Å². The van der Waals surface area contributed by atoms with Gasteiger partial charge < -0.3 is 25.2 Å². The van der Waals surface area contributed by atoms with Gasteiger partial charge in [-0.1, -0.05) is 42.8 Å². The predicted octanol–water partition coefficient (Wildman–Crippen LogP) is 3.80. The summed E-state index contributed by atoms with van der Waals surface area (Å²) in [5, 5.41) is 7.12. The first-order chi connectivity index (χ1) is 17.6. The maximum Gasteiger partial charge on any atom is 0.242 e. The van der Waals surface area contributed by atoms with Crippen molar-refractivity contribution in [3.8, 4) is 5.75 Å². The number of thiocarbonyl (C=S) groups is 1. The lowest BCUT2D eigenvalue weighted by molar-refractivity contribution is -0.141. The Labute approximate surface area is 218 Å². The molecule has 1 aliphatic carbocycles. The summed E-state index contributed by atoms with van der Waals surface area (Å²) in [7, 11) is 0. The number of nitrogens with one attached hydrogen (secondary N) is 2. The van der Waals surface area contributed by atoms with Crippen LogP contribution in [0.5, 0.6) is 5.75 Å². The van der Waals surface area contributed by atoms with Gasteiger partial charge in [0.1, 0.15) is 12.4 Å². The minimum absolute atomic E-state index is 0.0116. The number of nitrogens with zero attached hydrogens (tertiary/aromatic N) is 2. The Morgan fingerprint density at radius 2 is 1.78 bits per heavy atom. The summed E-state index contributed by atoms with van der Waals surface area (Å²) < 4.78 is 5.92. The van der Waals surface area contributed by atoms with Crippen LogP contribution in [0.15, 0.2) is 54.6 Å². The summed E-state index contributed by atoms with van der Waals surface area (Å²) in [4.78, 5) is 29.7. The van der Waals surface area contributed by atoms with Gasteiger partial charge in [0.25, 0.3) is 0 Å². The molecule has 2 aromatic rings. The van der Waals surface area contributed by atoms with Crippen molar-refractivity contribution in [1.82, 2.24) is 15.1 Å². The van der Waals surface area contributed by atoms with Crippen molar-refractivity contribution in [2.75, 3.05) is 31.5 Å². The molecule has 0 aromatic heterocycles. The lowest BCUT2D eigenvalue weighted by atomic mass is 10.1. The van der Waals surface area contributed by atoms with Crippen LogP contribution >= 0.6 is 12.2 Å². The molecule has 0 bridgehead atoms. The van der Waals surface area contributed by atoms with E-state index in [1.807, 2.05) is 59.5 Å². The van der Waals surface area contributed by atoms with Crippen LogP contribution in [0.4, 0.5) is 5.69 Å². The monoisotopic (exact) mass is 506 g/mol. The molecular formula is C28H34N4O3S. The van der Waals surface area contributed by atoms with E-state index in [0.29, 0.717) is 18.3 Å². The van der Waals surface area contributed by atoms with E-state index in [1.54, 1.807) is 4.90 Å². The Morgan fingerprint density at radius 1 is 1.00 bits per heavy atom. The van der Waals surface area contributed by atoms with Crippen LogP contribution in [0.25, 0.3) is 0 Å². The molecule has 2 unspecified atom stereocenters. The van der Waals surface area contributed by atoms with Crippen molar-refractivity contribution in [2.45, 2.75) is 44.8 Å². The summed E-state index contributed by atoms with van der Waals surface area (Å²) in [5.74, 6) is 1.08. The second-order valence-electron chi connectivity index (χ2n) is 9.96. The molecule has 2 N–H and O–H groups in total. The van der Waals surface area contributed by atoms with E-state index in [9.17, 15) is 9.59 Å². The molecule has 2 heterocycles. The molecule has 2 aromatic carbocycles. The van der Waals surface area contributed by atoms with E-state index in [2.05, 4.69) is 10.6 Å². The highest BCUT2D eigenvalue weighted by molar-refractivity contribution is 7.80. The summed E-state index contributed by atoms with van der Waals surface area (Å²) in [5.41, 5.74) is 1.94. The van der Waals surface area contributed by atoms with Crippen LogP contribution in [0.1, 0.15) is 37.7 Å². The standard InChI is InChI=1S/C28H34N4O3S/c33-24(31-14-6-7-15-31)18-32-16-5-4-13-23-25(27(32)34)26(23)30-28(36)29-21-11-8-12-22(17-21)35-19-20-9-2-1-3-10-20/h1-3,8-12,17,23,25-26H,4-7,13-16,18-19H2,(H2,29,30,36)/t23-,25?,26?/m1/s1. The summed E-state index contributed by atoms with van der Waals surface area (Å²) in [6, 6.07) is 17.8. The van der Waals surface area contributed by atoms with Gasteiger partial charge in [0, 0.05) is 37.4 Å². The number of carbonyl (C=O) groups excluding carboxylic acids is 2. The fraction of sp³-hybridized carbons (Fsp3) is 0.464. The van der Waals surface area contributed by atoms with Crippen LogP contribution in [-0.4, -0.2) is 58.9 Å². The number of fused-ring (bicyclic) bond motifs is 1. The Morgan fingerprint density at radius 3 is 2.58 bits per heavy atom. The minimum Gasteiger partial charge on any atom is -0.489 e. The topological polar surface area (TPSA) is 73.9 Å². The molecule has 3 fully saturated rings. The number of hydrogen-bond donors (Lipinski definition) is 2. The number of carbonyl (C=O) groups is 2. The first-order valence-electron chi connectivity index (χ1n) is 13.0. The molecule has 3 aliphatic rings. The number of rotatable bonds is 7. The van der Waals surface area contributed by atoms with Gasteiger partial charge in [-0.3, -0.25) is 9.59 Å². The molecule has 2 saturated heterocycles. The first-order valence-corrected chi connectivity index (χ1v) is 13.4. The molecule has 2 amide bonds. The zero-order valence-corrected chi connectivity index (χ0v) is 21.3. The van der Waals surface area contributed by atoms with Crippen molar-refractivity contribution in [2.24, 2.45) is 11.8 Å². The molecule has 3 atom stereocenters. The fourth-order valence-corrected chi connectivity index (χ4v) is 5.63. The van der Waals surface area contributed by atoms with E-state index in [1.165, 1.54) is 0 Å². The molecule has 1 saturated carbocycles. The van der Waals surface area contributed by atoms with Crippen LogP contribution < -0.4 is 15.4 Å². The van der Waals surface area contributed by atoms with E-state index in [0.717, 1.165) is 62.2 Å². The van der Waals surface area contributed by atoms with Crippen LogP contribution in [-0.2, 0) is 16.2 Å². The number of amides is 2. The van der Waals surface area contributed by atoms with Gasteiger partial charge >= 0.3 is 0 Å². The first kappa shape index (κ1) is 24.6. The average Bonchev–Trinajstić information content (AvgIpc) is 3.26. The normalized spacial score (nSPS) is 23.3. The quantitative estimate of drug-likeness (QED) is 0.557. The van der Waals surface area contributed by atoms with Gasteiger partial charge in [-0.15, -0.1) is 0 Å². The van der Waals surface area contributed by atoms with Gasteiger partial charge in [0.2, 0.25) is 11.8 Å². The van der Waals surface area contributed by atoms with E-state index in [4.69, 9.17) is 17.0 Å². The van der Waals surface area contributed by atoms with Gasteiger partial charge in [-0.2, -0.15) is 0 Å². The van der Waals surface area contributed by atoms with E-state index >= 15 is 0 Å². The minimum atomic E-state index is -0.114. The summed E-state index contributed by atoms with van der Waals surface area (Å²) in [6.45, 7) is 2.99. The lowest BCUT2D eigenvalue weighted by Gasteiger charge is -2.26. The summed E-state index contributed by atoms with van der Waals surface area (Å²) >= 11 is 5.59. The number of ether oxygens (including phenoxy) is 1. The molecule has 0 spiro atoms. The number of benzene rings is 2. The van der Waals surface area contributed by atoms with E-state index < -0.39 is 0 Å². The highest BCUT2D eigenvalue weighted by atomic mass is 32.1. The average molecular weight is 507 g/mol. The zero-order valence-electron chi connectivity index (χ0n) is 20.5. The van der Waals surface area contributed by atoms with Crippen LogP contribution in [0.2, 0.25) is 0 Å². The zero-order chi connectivity index (χ0) is 24.9. The maximum absolute atomic E-state index is 13.3. The second-order valence-corrected chi connectivity index (χ2v) is 10.4. The van der Waals surface area contributed by atoms with Crippen molar-refractivity contribution in [3.05, 3.63) is 60.2 Å². The predicted molar refractivity (Wildman–Crippen MR) is 144 cm³/mol. The molecule has 8 heteroatoms. The van der Waals surface area contributed by atoms with Gasteiger partial charge in [0.05, 0.1) is 12.5 Å². The molecule has 7 nitrogen and oxygen atoms in total. The second kappa shape index (κ2) is 11.3. The van der Waals surface area contributed by atoms with E-state index in [-0.39, 0.29) is 36.2 Å². The number of hydrogen-bond acceptors (Lipinski definition) is 4. The Hall–Kier alpha value is -3.13. The van der Waals surface area contributed by atoms with Gasteiger partial charge in [0.15, 0.2) is 5.11 Å². The maximum atomic E-state index is 13.3. The van der Waals surface area contributed by atoms with Crippen molar-refractivity contribution < 1.29 is 14.3 Å².